The van der Waals surface area contributed by atoms with E-state index < -0.39 is 0 Å². The highest BCUT2D eigenvalue weighted by molar-refractivity contribution is 6.35. The fourth-order valence-electron chi connectivity index (χ4n) is 3.99. The summed E-state index contributed by atoms with van der Waals surface area (Å²) in [6.07, 6.45) is 8.42. The van der Waals surface area contributed by atoms with E-state index in [1.807, 2.05) is 23.1 Å². The molecular formula is C22H31N3O2. The van der Waals surface area contributed by atoms with E-state index in [9.17, 15) is 9.59 Å². The fourth-order valence-corrected chi connectivity index (χ4v) is 3.99. The largest absolute Gasteiger partial charge is 0.332 e. The number of rotatable bonds is 4. The fraction of sp³-hybridized carbons (Fsp3) is 0.545. The number of piperazine rings is 1. The summed E-state index contributed by atoms with van der Waals surface area (Å²) in [6, 6.07) is 10.5. The molecule has 2 saturated heterocycles. The van der Waals surface area contributed by atoms with E-state index in [1.165, 1.54) is 5.56 Å². The second-order valence-corrected chi connectivity index (χ2v) is 7.46. The Labute approximate surface area is 162 Å². The number of carbonyl (C=O) groups excluding carboxylic acids is 2. The van der Waals surface area contributed by atoms with E-state index in [0.717, 1.165) is 51.9 Å². The maximum atomic E-state index is 12.7. The van der Waals surface area contributed by atoms with Crippen molar-refractivity contribution in [2.24, 2.45) is 0 Å². The molecule has 0 aromatic heterocycles. The van der Waals surface area contributed by atoms with Crippen LogP contribution in [0.5, 0.6) is 0 Å². The molecule has 2 amide bonds. The molecule has 2 aliphatic heterocycles. The minimum Gasteiger partial charge on any atom is -0.332 e. The lowest BCUT2D eigenvalue weighted by atomic mass is 10.00. The van der Waals surface area contributed by atoms with E-state index in [1.54, 1.807) is 4.90 Å². The van der Waals surface area contributed by atoms with Crippen molar-refractivity contribution in [1.29, 1.82) is 0 Å². The molecule has 1 aromatic rings. The van der Waals surface area contributed by atoms with Crippen molar-refractivity contribution >= 4 is 17.9 Å². The van der Waals surface area contributed by atoms with Crippen LogP contribution in [0.3, 0.4) is 0 Å². The normalized spacial score (nSPS) is 21.6. The van der Waals surface area contributed by atoms with Crippen molar-refractivity contribution in [1.82, 2.24) is 14.7 Å². The van der Waals surface area contributed by atoms with Gasteiger partial charge in [0.25, 0.3) is 0 Å². The number of carbonyl (C=O) groups is 2. The molecular weight excluding hydrogens is 338 g/mol. The molecule has 2 fully saturated rings. The van der Waals surface area contributed by atoms with Gasteiger partial charge in [0.2, 0.25) is 0 Å². The van der Waals surface area contributed by atoms with Crippen LogP contribution in [0.2, 0.25) is 0 Å². The van der Waals surface area contributed by atoms with E-state index in [-0.39, 0.29) is 17.9 Å². The minimum absolute atomic E-state index is 0.236. The van der Waals surface area contributed by atoms with Gasteiger partial charge in [0.15, 0.2) is 0 Å². The first-order chi connectivity index (χ1) is 13.2. The highest BCUT2D eigenvalue weighted by Crippen LogP contribution is 2.20. The van der Waals surface area contributed by atoms with Gasteiger partial charge < -0.3 is 9.80 Å². The third-order valence-corrected chi connectivity index (χ3v) is 5.68. The van der Waals surface area contributed by atoms with E-state index in [0.29, 0.717) is 13.1 Å². The molecule has 146 valence electrons. The van der Waals surface area contributed by atoms with Crippen LogP contribution >= 0.6 is 0 Å². The molecule has 0 bridgehead atoms. The van der Waals surface area contributed by atoms with Crippen LogP contribution in [-0.4, -0.2) is 71.8 Å². The van der Waals surface area contributed by atoms with Crippen molar-refractivity contribution in [2.45, 2.75) is 38.6 Å². The predicted molar refractivity (Wildman–Crippen MR) is 108 cm³/mol. The Bertz CT molecular complexity index is 651. The second kappa shape index (κ2) is 9.70. The molecule has 5 nitrogen and oxygen atoms in total. The molecule has 3 rings (SSSR count). The van der Waals surface area contributed by atoms with Crippen LogP contribution in [0.15, 0.2) is 36.4 Å². The monoisotopic (exact) mass is 369 g/mol. The highest BCUT2D eigenvalue weighted by atomic mass is 16.2. The van der Waals surface area contributed by atoms with E-state index in [2.05, 4.69) is 36.1 Å². The SMILES string of the molecule is CCC1CCCCN1C(=O)C(=O)N1CCN(C/C=C/c2ccccc2)CC1. The summed E-state index contributed by atoms with van der Waals surface area (Å²) in [5.41, 5.74) is 1.20. The van der Waals surface area contributed by atoms with Crippen molar-refractivity contribution in [3.63, 3.8) is 0 Å². The Hall–Kier alpha value is -2.14. The Balaban J connectivity index is 1.46. The zero-order valence-electron chi connectivity index (χ0n) is 16.3. The number of amides is 2. The lowest BCUT2D eigenvalue weighted by Gasteiger charge is -2.38. The van der Waals surface area contributed by atoms with Crippen LogP contribution in [-0.2, 0) is 9.59 Å². The van der Waals surface area contributed by atoms with Crippen LogP contribution in [0.25, 0.3) is 6.08 Å². The molecule has 1 atom stereocenters. The molecule has 0 radical (unpaired) electrons. The maximum Gasteiger partial charge on any atom is 0.312 e. The lowest BCUT2D eigenvalue weighted by molar-refractivity contribution is -0.155. The van der Waals surface area contributed by atoms with Gasteiger partial charge in [-0.2, -0.15) is 0 Å². The van der Waals surface area contributed by atoms with Crippen LogP contribution in [0, 0.1) is 0 Å². The number of likely N-dealkylation sites (tertiary alicyclic amines) is 1. The van der Waals surface area contributed by atoms with Gasteiger partial charge in [-0.1, -0.05) is 49.4 Å². The summed E-state index contributed by atoms with van der Waals surface area (Å²) in [6.45, 7) is 6.60. The van der Waals surface area contributed by atoms with Crippen molar-refractivity contribution in [3.8, 4) is 0 Å². The zero-order valence-corrected chi connectivity index (χ0v) is 16.3. The van der Waals surface area contributed by atoms with Crippen molar-refractivity contribution in [2.75, 3.05) is 39.3 Å². The van der Waals surface area contributed by atoms with Gasteiger partial charge in [0.1, 0.15) is 0 Å². The molecule has 5 heteroatoms. The van der Waals surface area contributed by atoms with Crippen LogP contribution in [0.4, 0.5) is 0 Å². The summed E-state index contributed by atoms with van der Waals surface area (Å²) >= 11 is 0. The smallest absolute Gasteiger partial charge is 0.312 e. The molecule has 0 saturated carbocycles. The molecule has 27 heavy (non-hydrogen) atoms. The van der Waals surface area contributed by atoms with Crippen molar-refractivity contribution in [3.05, 3.63) is 42.0 Å². The Morgan fingerprint density at radius 2 is 1.74 bits per heavy atom. The number of benzene rings is 1. The van der Waals surface area contributed by atoms with Gasteiger partial charge in [-0.3, -0.25) is 14.5 Å². The van der Waals surface area contributed by atoms with Gasteiger partial charge >= 0.3 is 11.8 Å². The first kappa shape index (κ1) is 19.6. The van der Waals surface area contributed by atoms with Gasteiger partial charge in [0.05, 0.1) is 0 Å². The Morgan fingerprint density at radius 1 is 1.00 bits per heavy atom. The number of hydrogen-bond acceptors (Lipinski definition) is 3. The van der Waals surface area contributed by atoms with E-state index in [4.69, 9.17) is 0 Å². The molecule has 1 aromatic carbocycles. The molecule has 0 spiro atoms. The van der Waals surface area contributed by atoms with Crippen LogP contribution in [0.1, 0.15) is 38.2 Å². The highest BCUT2D eigenvalue weighted by Gasteiger charge is 2.33. The van der Waals surface area contributed by atoms with Gasteiger partial charge in [-0.15, -0.1) is 0 Å². The third-order valence-electron chi connectivity index (χ3n) is 5.68. The Morgan fingerprint density at radius 3 is 2.44 bits per heavy atom. The van der Waals surface area contributed by atoms with Gasteiger partial charge in [-0.25, -0.2) is 0 Å². The summed E-state index contributed by atoms with van der Waals surface area (Å²) < 4.78 is 0. The minimum atomic E-state index is -0.310. The summed E-state index contributed by atoms with van der Waals surface area (Å²) in [4.78, 5) is 31.2. The molecule has 0 N–H and O–H groups in total. The van der Waals surface area contributed by atoms with Crippen LogP contribution < -0.4 is 0 Å². The van der Waals surface area contributed by atoms with E-state index >= 15 is 0 Å². The summed E-state index contributed by atoms with van der Waals surface area (Å²) in [5.74, 6) is -0.603. The summed E-state index contributed by atoms with van der Waals surface area (Å²) in [5, 5.41) is 0. The third kappa shape index (κ3) is 5.19. The number of piperidine rings is 1. The lowest BCUT2D eigenvalue weighted by Crippen LogP contribution is -2.55. The maximum absolute atomic E-state index is 12.7. The first-order valence-corrected chi connectivity index (χ1v) is 10.2. The van der Waals surface area contributed by atoms with Gasteiger partial charge in [0, 0.05) is 45.3 Å². The second-order valence-electron chi connectivity index (χ2n) is 7.46. The summed E-state index contributed by atoms with van der Waals surface area (Å²) in [7, 11) is 0. The standard InChI is InChI=1S/C22H31N3O2/c1-2-20-12-6-7-14-25(20)22(27)21(26)24-17-15-23(16-18-24)13-8-11-19-9-4-3-5-10-19/h3-5,8-11,20H,2,6-7,12-18H2,1H3/b11-8+. The van der Waals surface area contributed by atoms with Crippen molar-refractivity contribution < 1.29 is 9.59 Å². The first-order valence-electron chi connectivity index (χ1n) is 10.2. The topological polar surface area (TPSA) is 43.9 Å². The Kier molecular flexibility index (Phi) is 7.04. The molecule has 2 aliphatic rings. The van der Waals surface area contributed by atoms with Gasteiger partial charge in [-0.05, 0) is 31.2 Å². The average Bonchev–Trinajstić information content (AvgIpc) is 2.74. The average molecular weight is 370 g/mol. The number of hydrogen-bond donors (Lipinski definition) is 0. The molecule has 1 unspecified atom stereocenters. The zero-order chi connectivity index (χ0) is 19.1. The molecule has 2 heterocycles. The quantitative estimate of drug-likeness (QED) is 0.767. The predicted octanol–water partition coefficient (Wildman–Crippen LogP) is 2.64. The molecule has 0 aliphatic carbocycles. The number of nitrogens with zero attached hydrogens (tertiary/aromatic N) is 3.